The number of rotatable bonds is 1. The van der Waals surface area contributed by atoms with E-state index in [0.29, 0.717) is 11.6 Å². The molecule has 2 aliphatic heterocycles. The summed E-state index contributed by atoms with van der Waals surface area (Å²) in [6, 6.07) is 16.2. The third-order valence-corrected chi connectivity index (χ3v) is 4.55. The summed E-state index contributed by atoms with van der Waals surface area (Å²) >= 11 is 6.28. The van der Waals surface area contributed by atoms with E-state index in [-0.39, 0.29) is 18.6 Å². The lowest BCUT2D eigenvalue weighted by molar-refractivity contribution is 0.292. The van der Waals surface area contributed by atoms with Crippen LogP contribution in [0, 0.1) is 0 Å². The summed E-state index contributed by atoms with van der Waals surface area (Å²) in [5.41, 5.74) is 4.24. The Kier molecular flexibility index (Phi) is 4.52. The number of hydrogen-bond acceptors (Lipinski definition) is 4. The van der Waals surface area contributed by atoms with Gasteiger partial charge in [0, 0.05) is 23.2 Å². The summed E-state index contributed by atoms with van der Waals surface area (Å²) in [4.78, 5) is 7.15. The molecule has 0 saturated heterocycles. The van der Waals surface area contributed by atoms with Crippen molar-refractivity contribution in [1.82, 2.24) is 5.01 Å². The van der Waals surface area contributed by atoms with Crippen LogP contribution in [0.2, 0.25) is 5.02 Å². The smallest absolute Gasteiger partial charge is 0.143 e. The first-order valence-electron chi connectivity index (χ1n) is 7.62. The lowest BCUT2D eigenvalue weighted by atomic mass is 10.00. The Hall–Kier alpha value is -2.04. The Morgan fingerprint density at radius 3 is 2.62 bits per heavy atom. The minimum atomic E-state index is 0. The van der Waals surface area contributed by atoms with Gasteiger partial charge in [-0.1, -0.05) is 41.9 Å². The van der Waals surface area contributed by atoms with Crippen LogP contribution in [0.4, 0.5) is 5.69 Å². The van der Waals surface area contributed by atoms with Crippen molar-refractivity contribution in [3.8, 4) is 0 Å². The maximum Gasteiger partial charge on any atom is 0.143 e. The largest absolute Gasteiger partial charge is 0.304 e. The highest BCUT2D eigenvalue weighted by Crippen LogP contribution is 2.34. The maximum absolute atomic E-state index is 6.28. The van der Waals surface area contributed by atoms with Gasteiger partial charge in [-0.3, -0.25) is 10.0 Å². The third-order valence-electron chi connectivity index (χ3n) is 4.31. The van der Waals surface area contributed by atoms with Gasteiger partial charge >= 0.3 is 0 Å². The number of nitrogens with zero attached hydrogens (tertiary/aromatic N) is 4. The van der Waals surface area contributed by atoms with Crippen LogP contribution in [-0.4, -0.2) is 36.3 Å². The van der Waals surface area contributed by atoms with E-state index in [2.05, 4.69) is 28.2 Å². The van der Waals surface area contributed by atoms with Gasteiger partial charge in [0.05, 0.1) is 17.9 Å². The van der Waals surface area contributed by atoms with Crippen LogP contribution in [0.1, 0.15) is 18.1 Å². The molecular weight excluding hydrogens is 343 g/mol. The van der Waals surface area contributed by atoms with Crippen LogP contribution in [0.5, 0.6) is 0 Å². The number of benzene rings is 2. The Labute approximate surface area is 152 Å². The molecule has 0 bridgehead atoms. The first-order chi connectivity index (χ1) is 11.1. The van der Waals surface area contributed by atoms with E-state index in [9.17, 15) is 0 Å². The topological polar surface area (TPSA) is 31.2 Å². The Morgan fingerprint density at radius 2 is 1.88 bits per heavy atom. The zero-order valence-electron chi connectivity index (χ0n) is 13.5. The van der Waals surface area contributed by atoms with E-state index < -0.39 is 0 Å². The number of hydrogen-bond donors (Lipinski definition) is 0. The van der Waals surface area contributed by atoms with Gasteiger partial charge in [-0.2, -0.15) is 5.10 Å². The van der Waals surface area contributed by atoms with E-state index in [1.807, 2.05) is 49.3 Å². The van der Waals surface area contributed by atoms with E-state index in [0.717, 1.165) is 28.4 Å². The molecule has 4 rings (SSSR count). The van der Waals surface area contributed by atoms with Gasteiger partial charge in [-0.05, 0) is 25.1 Å². The first kappa shape index (κ1) is 16.8. The molecule has 2 aromatic carbocycles. The molecule has 0 spiro atoms. The standard InChI is InChI=1S/C18H17ClN4.ClH/c1-12-21-22(2)17-11-20-18(13-6-4-3-5-7-13)15-10-14(19)8-9-16(15)23(12)17;/h3-10,17H,11H2,1-2H3;1H. The van der Waals surface area contributed by atoms with Crippen molar-refractivity contribution in [2.45, 2.75) is 13.1 Å². The lowest BCUT2D eigenvalue weighted by Crippen LogP contribution is -2.42. The minimum Gasteiger partial charge on any atom is -0.304 e. The fourth-order valence-corrected chi connectivity index (χ4v) is 3.44. The van der Waals surface area contributed by atoms with Crippen LogP contribution >= 0.6 is 24.0 Å². The molecular formula is C18H18Cl2N4. The molecule has 1 atom stereocenters. The second-order valence-corrected chi connectivity index (χ2v) is 6.22. The highest BCUT2D eigenvalue weighted by Gasteiger charge is 2.35. The molecule has 2 heterocycles. The Bertz CT molecular complexity index is 817. The summed E-state index contributed by atoms with van der Waals surface area (Å²) in [5, 5.41) is 7.26. The predicted molar refractivity (Wildman–Crippen MR) is 103 cm³/mol. The fourth-order valence-electron chi connectivity index (χ4n) is 3.27. The van der Waals surface area contributed by atoms with E-state index in [4.69, 9.17) is 16.6 Å². The van der Waals surface area contributed by atoms with Crippen molar-refractivity contribution in [2.24, 2.45) is 10.1 Å². The maximum atomic E-state index is 6.28. The molecule has 2 aromatic rings. The lowest BCUT2D eigenvalue weighted by Gasteiger charge is -2.28. The number of hydrazone groups is 1. The fraction of sp³-hybridized carbons (Fsp3) is 0.222. The molecule has 0 radical (unpaired) electrons. The number of anilines is 1. The average molecular weight is 361 g/mol. The number of fused-ring (bicyclic) bond motifs is 3. The second-order valence-electron chi connectivity index (χ2n) is 5.79. The van der Waals surface area contributed by atoms with Gasteiger partial charge in [0.25, 0.3) is 0 Å². The molecule has 0 fully saturated rings. The van der Waals surface area contributed by atoms with E-state index in [1.54, 1.807) is 0 Å². The van der Waals surface area contributed by atoms with Crippen molar-refractivity contribution < 1.29 is 0 Å². The zero-order chi connectivity index (χ0) is 16.0. The molecule has 6 heteroatoms. The molecule has 0 aromatic heterocycles. The van der Waals surface area contributed by atoms with E-state index in [1.165, 1.54) is 0 Å². The zero-order valence-corrected chi connectivity index (χ0v) is 15.1. The molecule has 2 aliphatic rings. The first-order valence-corrected chi connectivity index (χ1v) is 8.00. The van der Waals surface area contributed by atoms with Crippen LogP contribution in [0.3, 0.4) is 0 Å². The van der Waals surface area contributed by atoms with Crippen molar-refractivity contribution in [3.05, 3.63) is 64.7 Å². The van der Waals surface area contributed by atoms with Gasteiger partial charge in [0.2, 0.25) is 0 Å². The summed E-state index contributed by atoms with van der Waals surface area (Å²) < 4.78 is 0. The number of likely N-dealkylation sites (N-methyl/N-ethyl adjacent to an activating group) is 1. The molecule has 124 valence electrons. The van der Waals surface area contributed by atoms with Gasteiger partial charge in [-0.15, -0.1) is 12.4 Å². The van der Waals surface area contributed by atoms with Crippen molar-refractivity contribution in [2.75, 3.05) is 18.5 Å². The number of aliphatic imine (C=N–C) groups is 1. The monoisotopic (exact) mass is 360 g/mol. The third kappa shape index (κ3) is 2.66. The summed E-state index contributed by atoms with van der Waals surface area (Å²) in [6.45, 7) is 2.69. The highest BCUT2D eigenvalue weighted by molar-refractivity contribution is 6.31. The average Bonchev–Trinajstić information content (AvgIpc) is 2.74. The molecule has 0 amide bonds. The van der Waals surface area contributed by atoms with Gasteiger partial charge in [0.1, 0.15) is 12.0 Å². The Morgan fingerprint density at radius 1 is 1.12 bits per heavy atom. The summed E-state index contributed by atoms with van der Waals surface area (Å²) in [5.74, 6) is 0.977. The second kappa shape index (κ2) is 6.46. The number of amidine groups is 1. The van der Waals surface area contributed by atoms with Crippen LogP contribution in [0.25, 0.3) is 0 Å². The van der Waals surface area contributed by atoms with Gasteiger partial charge in [-0.25, -0.2) is 0 Å². The number of halogens is 2. The quantitative estimate of drug-likeness (QED) is 0.768. The van der Waals surface area contributed by atoms with Crippen LogP contribution in [0.15, 0.2) is 58.6 Å². The van der Waals surface area contributed by atoms with Crippen LogP contribution < -0.4 is 4.90 Å². The van der Waals surface area contributed by atoms with Crippen molar-refractivity contribution >= 4 is 41.2 Å². The molecule has 4 nitrogen and oxygen atoms in total. The van der Waals surface area contributed by atoms with Crippen LogP contribution in [-0.2, 0) is 0 Å². The normalized spacial score (nSPS) is 18.9. The SMILES string of the molecule is CC1=NN(C)C2CN=C(c3ccccc3)c3cc(Cl)ccc3N12.Cl. The highest BCUT2D eigenvalue weighted by atomic mass is 35.5. The molecule has 0 saturated carbocycles. The van der Waals surface area contributed by atoms with Crippen molar-refractivity contribution in [1.29, 1.82) is 0 Å². The van der Waals surface area contributed by atoms with Crippen molar-refractivity contribution in [3.63, 3.8) is 0 Å². The van der Waals surface area contributed by atoms with Gasteiger partial charge < -0.3 is 4.90 Å². The molecule has 0 aliphatic carbocycles. The minimum absolute atomic E-state index is 0. The summed E-state index contributed by atoms with van der Waals surface area (Å²) in [7, 11) is 1.99. The molecule has 1 unspecified atom stereocenters. The molecule has 0 N–H and O–H groups in total. The summed E-state index contributed by atoms with van der Waals surface area (Å²) in [6.07, 6.45) is 0.108. The molecule has 24 heavy (non-hydrogen) atoms. The van der Waals surface area contributed by atoms with E-state index >= 15 is 0 Å². The Balaban J connectivity index is 0.00000169. The van der Waals surface area contributed by atoms with Gasteiger partial charge in [0.15, 0.2) is 0 Å². The predicted octanol–water partition coefficient (Wildman–Crippen LogP) is 4.02.